The van der Waals surface area contributed by atoms with Crippen molar-refractivity contribution in [2.24, 2.45) is 0 Å². The van der Waals surface area contributed by atoms with Gasteiger partial charge in [-0.05, 0) is 38.4 Å². The van der Waals surface area contributed by atoms with E-state index in [1.54, 1.807) is 0 Å². The molecule has 210 valence electrons. The number of nitrogens with two attached hydrogens (primary N) is 1. The van der Waals surface area contributed by atoms with Crippen LogP contribution in [0.1, 0.15) is 58.5 Å². The van der Waals surface area contributed by atoms with Gasteiger partial charge in [0.1, 0.15) is 23.8 Å². The van der Waals surface area contributed by atoms with E-state index in [0.717, 1.165) is 12.8 Å². The Labute approximate surface area is 221 Å². The molecule has 2 aromatic heterocycles. The lowest BCUT2D eigenvalue weighted by molar-refractivity contribution is -0.0504. The van der Waals surface area contributed by atoms with Crippen molar-refractivity contribution in [3.8, 4) is 17.9 Å². The summed E-state index contributed by atoms with van der Waals surface area (Å²) >= 11 is 0. The second kappa shape index (κ2) is 15.1. The van der Waals surface area contributed by atoms with Crippen molar-refractivity contribution in [3.05, 3.63) is 12.2 Å². The lowest BCUT2D eigenvalue weighted by atomic mass is 10.1. The van der Waals surface area contributed by atoms with Gasteiger partial charge in [-0.15, -0.1) is 0 Å². The summed E-state index contributed by atoms with van der Waals surface area (Å²) in [6.45, 7) is 9.49. The number of unbranched alkanes of at least 4 members (excludes halogenated alkanes) is 3. The monoisotopic (exact) mass is 553 g/mol. The van der Waals surface area contributed by atoms with E-state index in [4.69, 9.17) is 25.5 Å². The molecule has 6 N–H and O–H groups in total. The van der Waals surface area contributed by atoms with Crippen LogP contribution in [0.5, 0.6) is 0 Å². The molecule has 2 aromatic rings. The SMILES string of the molecule is CCN(CC)CC.N#CCCCCC#Cc1nc(N)c2ncn([C@@H]3O[C@H](COP(=O)(O)O)[C@@H](O)[C@H]3O)c2n1. The highest BCUT2D eigenvalue weighted by molar-refractivity contribution is 7.46. The maximum Gasteiger partial charge on any atom is 0.469 e. The summed E-state index contributed by atoms with van der Waals surface area (Å²) < 4.78 is 22.1. The van der Waals surface area contributed by atoms with Gasteiger partial charge in [0, 0.05) is 12.8 Å². The summed E-state index contributed by atoms with van der Waals surface area (Å²) in [5, 5.41) is 29.1. The van der Waals surface area contributed by atoms with Crippen LogP contribution < -0.4 is 5.73 Å². The molecule has 1 aliphatic heterocycles. The zero-order valence-corrected chi connectivity index (χ0v) is 22.7. The van der Waals surface area contributed by atoms with E-state index in [9.17, 15) is 14.8 Å². The Morgan fingerprint density at radius 3 is 2.39 bits per heavy atom. The number of phosphoric acid groups is 1. The van der Waals surface area contributed by atoms with Crippen LogP contribution in [0.3, 0.4) is 0 Å². The number of hydrogen-bond donors (Lipinski definition) is 5. The Morgan fingerprint density at radius 1 is 1.16 bits per heavy atom. The molecule has 0 bridgehead atoms. The number of aliphatic hydroxyl groups is 2. The van der Waals surface area contributed by atoms with Crippen molar-refractivity contribution < 1.29 is 33.8 Å². The van der Waals surface area contributed by atoms with Crippen LogP contribution in [-0.4, -0.2) is 89.0 Å². The standard InChI is InChI=1S/C17H21N6O7P.C6H15N/c18-7-5-3-1-2-4-6-11-21-15(19)12-16(22-11)23(9-20-12)17-14(25)13(24)10(30-17)8-29-31(26,27)28;1-4-7(5-2)6-3/h9-10,13-14,17,24-25H,1-3,5,8H2,(H2,19,21,22)(H2,26,27,28);4-6H2,1-3H3/t10-,13-,14-,17-;/m1./s1. The summed E-state index contributed by atoms with van der Waals surface area (Å²) in [6.07, 6.45) is -1.47. The van der Waals surface area contributed by atoms with Gasteiger partial charge in [0.2, 0.25) is 5.82 Å². The van der Waals surface area contributed by atoms with E-state index in [2.05, 4.69) is 63.1 Å². The highest BCUT2D eigenvalue weighted by Gasteiger charge is 2.45. The highest BCUT2D eigenvalue weighted by atomic mass is 31.2. The Bertz CT molecular complexity index is 1180. The second-order valence-electron chi connectivity index (χ2n) is 8.38. The van der Waals surface area contributed by atoms with Gasteiger partial charge in [0.15, 0.2) is 17.7 Å². The number of aliphatic hydroxyl groups excluding tert-OH is 2. The molecule has 3 rings (SSSR count). The minimum atomic E-state index is -4.78. The average molecular weight is 554 g/mol. The number of phosphoric ester groups is 1. The molecular weight excluding hydrogens is 517 g/mol. The Kier molecular flexibility index (Phi) is 12.5. The molecule has 1 aliphatic rings. The number of hydrogen-bond acceptors (Lipinski definition) is 11. The van der Waals surface area contributed by atoms with Crippen LogP contribution in [-0.2, 0) is 13.8 Å². The van der Waals surface area contributed by atoms with E-state index < -0.39 is 39.0 Å². The minimum absolute atomic E-state index is 0.0620. The first-order chi connectivity index (χ1) is 18.1. The third-order valence-electron chi connectivity index (χ3n) is 5.85. The van der Waals surface area contributed by atoms with E-state index in [1.165, 1.54) is 30.5 Å². The van der Waals surface area contributed by atoms with Gasteiger partial charge in [-0.1, -0.05) is 26.7 Å². The fourth-order valence-corrected chi connectivity index (χ4v) is 4.02. The van der Waals surface area contributed by atoms with Crippen LogP contribution >= 0.6 is 7.82 Å². The summed E-state index contributed by atoms with van der Waals surface area (Å²) in [6, 6.07) is 2.06. The van der Waals surface area contributed by atoms with Gasteiger partial charge in [-0.25, -0.2) is 19.5 Å². The van der Waals surface area contributed by atoms with Gasteiger partial charge in [0.25, 0.3) is 0 Å². The summed E-state index contributed by atoms with van der Waals surface area (Å²) in [5.41, 5.74) is 6.37. The van der Waals surface area contributed by atoms with Gasteiger partial charge in [0.05, 0.1) is 19.0 Å². The van der Waals surface area contributed by atoms with Crippen molar-refractivity contribution in [1.29, 1.82) is 5.26 Å². The van der Waals surface area contributed by atoms with Crippen LogP contribution in [0.2, 0.25) is 0 Å². The molecule has 0 radical (unpaired) electrons. The molecule has 15 heteroatoms. The Morgan fingerprint density at radius 2 is 1.82 bits per heavy atom. The number of aromatic nitrogens is 4. The van der Waals surface area contributed by atoms with Crippen molar-refractivity contribution in [2.45, 2.75) is 71.0 Å². The number of fused-ring (bicyclic) bond motifs is 1. The van der Waals surface area contributed by atoms with E-state index >= 15 is 0 Å². The smallest absolute Gasteiger partial charge is 0.387 e. The Balaban J connectivity index is 0.000000638. The van der Waals surface area contributed by atoms with Crippen molar-refractivity contribution in [2.75, 3.05) is 32.0 Å². The van der Waals surface area contributed by atoms with Gasteiger partial charge in [-0.3, -0.25) is 9.09 Å². The predicted molar refractivity (Wildman–Crippen MR) is 138 cm³/mol. The largest absolute Gasteiger partial charge is 0.469 e. The highest BCUT2D eigenvalue weighted by Crippen LogP contribution is 2.38. The van der Waals surface area contributed by atoms with E-state index in [0.29, 0.717) is 12.8 Å². The fourth-order valence-electron chi connectivity index (χ4n) is 3.68. The molecular formula is C23H36N7O7P. The maximum atomic E-state index is 10.9. The predicted octanol–water partition coefficient (Wildman–Crippen LogP) is 0.921. The van der Waals surface area contributed by atoms with Gasteiger partial charge in [-0.2, -0.15) is 5.26 Å². The van der Waals surface area contributed by atoms with Gasteiger partial charge >= 0.3 is 7.82 Å². The molecule has 1 fully saturated rings. The molecule has 0 aliphatic carbocycles. The first-order valence-electron chi connectivity index (χ1n) is 12.4. The lowest BCUT2D eigenvalue weighted by Crippen LogP contribution is -2.33. The second-order valence-corrected chi connectivity index (χ2v) is 9.61. The molecule has 0 aromatic carbocycles. The first kappa shape index (κ1) is 31.6. The molecule has 14 nitrogen and oxygen atoms in total. The van der Waals surface area contributed by atoms with Crippen LogP contribution in [0.15, 0.2) is 6.33 Å². The van der Waals surface area contributed by atoms with Crippen molar-refractivity contribution in [1.82, 2.24) is 24.4 Å². The fraction of sp³-hybridized carbons (Fsp3) is 0.652. The third kappa shape index (κ3) is 8.98. The van der Waals surface area contributed by atoms with Crippen LogP contribution in [0, 0.1) is 23.2 Å². The molecule has 0 unspecified atom stereocenters. The van der Waals surface area contributed by atoms with Crippen molar-refractivity contribution in [3.63, 3.8) is 0 Å². The molecule has 4 atom stereocenters. The van der Waals surface area contributed by atoms with E-state index in [1.807, 2.05) is 0 Å². The normalized spacial score (nSPS) is 21.0. The number of nitriles is 1. The number of imidazole rings is 1. The van der Waals surface area contributed by atoms with E-state index in [-0.39, 0.29) is 22.8 Å². The topological polar surface area (TPSA) is 213 Å². The average Bonchev–Trinajstić information content (AvgIpc) is 3.42. The molecule has 1 saturated heterocycles. The number of rotatable bonds is 10. The molecule has 38 heavy (non-hydrogen) atoms. The zero-order valence-electron chi connectivity index (χ0n) is 21.8. The minimum Gasteiger partial charge on any atom is -0.387 e. The van der Waals surface area contributed by atoms with Gasteiger partial charge < -0.3 is 35.4 Å². The number of nitrogens with zero attached hydrogens (tertiary/aromatic N) is 6. The number of nitrogen functional groups attached to an aromatic ring is 1. The van der Waals surface area contributed by atoms with Crippen LogP contribution in [0.25, 0.3) is 11.2 Å². The van der Waals surface area contributed by atoms with Crippen molar-refractivity contribution >= 4 is 24.8 Å². The first-order valence-corrected chi connectivity index (χ1v) is 13.9. The summed E-state index contributed by atoms with van der Waals surface area (Å²) in [4.78, 5) is 32.5. The molecule has 0 spiro atoms. The van der Waals surface area contributed by atoms with Crippen LogP contribution in [0.4, 0.5) is 5.82 Å². The summed E-state index contributed by atoms with van der Waals surface area (Å²) in [7, 11) is -4.78. The maximum absolute atomic E-state index is 10.9. The quantitative estimate of drug-likeness (QED) is 0.157. The third-order valence-corrected chi connectivity index (χ3v) is 6.33. The molecule has 0 saturated carbocycles. The molecule has 0 amide bonds. The number of anilines is 1. The zero-order chi connectivity index (χ0) is 28.3. The summed E-state index contributed by atoms with van der Waals surface area (Å²) in [5.74, 6) is 5.89. The number of ether oxygens (including phenoxy) is 1. The lowest BCUT2D eigenvalue weighted by Gasteiger charge is -2.16. The Hall–Kier alpha value is -2.65. The molecule has 3 heterocycles.